The fourth-order valence-corrected chi connectivity index (χ4v) is 3.19. The molecular weight excluding hydrogens is 430 g/mol. The van der Waals surface area contributed by atoms with Gasteiger partial charge in [-0.25, -0.2) is 0 Å². The molecule has 1 heterocycles. The average molecular weight is 441 g/mol. The number of aromatic nitrogens is 1. The summed E-state index contributed by atoms with van der Waals surface area (Å²) in [6, 6.07) is 5.92. The third-order valence-corrected chi connectivity index (χ3v) is 4.52. The SMILES string of the molecule is Cn1cc(-c2ccc([N+](=O)[O-])cc2[N+](=O)[O-])c(=O)c(-c2cccc([N+](=O)[O-])c2[N+](=O)[O-])c1. The van der Waals surface area contributed by atoms with Gasteiger partial charge in [0.2, 0.25) is 0 Å². The molecule has 0 aliphatic heterocycles. The largest absolute Gasteiger partial charge is 0.356 e. The summed E-state index contributed by atoms with van der Waals surface area (Å²) in [4.78, 5) is 54.8. The summed E-state index contributed by atoms with van der Waals surface area (Å²) < 4.78 is 1.29. The molecule has 14 nitrogen and oxygen atoms in total. The fourth-order valence-electron chi connectivity index (χ4n) is 3.19. The molecule has 0 spiro atoms. The van der Waals surface area contributed by atoms with Gasteiger partial charge in [0, 0.05) is 31.6 Å². The number of hydrogen-bond acceptors (Lipinski definition) is 9. The van der Waals surface area contributed by atoms with Crippen molar-refractivity contribution in [1.82, 2.24) is 4.57 Å². The molecule has 0 amide bonds. The van der Waals surface area contributed by atoms with Crippen LogP contribution >= 0.6 is 0 Å². The van der Waals surface area contributed by atoms with Crippen molar-refractivity contribution in [2.24, 2.45) is 7.05 Å². The van der Waals surface area contributed by atoms with Gasteiger partial charge in [-0.2, -0.15) is 0 Å². The number of non-ortho nitro benzene ring substituents is 1. The first-order chi connectivity index (χ1) is 15.0. The van der Waals surface area contributed by atoms with Crippen LogP contribution in [0.25, 0.3) is 22.3 Å². The van der Waals surface area contributed by atoms with Gasteiger partial charge in [0.25, 0.3) is 11.4 Å². The summed E-state index contributed by atoms with van der Waals surface area (Å²) in [6.07, 6.45) is 2.40. The van der Waals surface area contributed by atoms with Gasteiger partial charge in [0.1, 0.15) is 0 Å². The molecule has 0 radical (unpaired) electrons. The maximum atomic E-state index is 13.2. The van der Waals surface area contributed by atoms with E-state index in [1.165, 1.54) is 30.1 Å². The van der Waals surface area contributed by atoms with Crippen molar-refractivity contribution >= 4 is 22.7 Å². The monoisotopic (exact) mass is 441 g/mol. The standard InChI is InChI=1S/C18H11N5O9/c1-19-8-13(11-6-5-10(20(25)26)7-16(11)22(29)30)18(24)14(9-19)12-3-2-4-15(21(27)28)17(12)23(31)32/h2-9H,1H3. The van der Waals surface area contributed by atoms with E-state index >= 15 is 0 Å². The topological polar surface area (TPSA) is 195 Å². The molecular formula is C18H11N5O9. The number of pyridine rings is 1. The van der Waals surface area contributed by atoms with Crippen molar-refractivity contribution in [2.45, 2.75) is 0 Å². The first kappa shape index (κ1) is 21.7. The first-order valence-corrected chi connectivity index (χ1v) is 8.58. The molecule has 0 bridgehead atoms. The van der Waals surface area contributed by atoms with E-state index in [9.17, 15) is 45.3 Å². The second-order valence-electron chi connectivity index (χ2n) is 6.48. The molecule has 0 saturated heterocycles. The summed E-state index contributed by atoms with van der Waals surface area (Å²) in [6.45, 7) is 0. The number of benzene rings is 2. The molecule has 3 rings (SSSR count). The molecule has 3 aromatic rings. The zero-order valence-corrected chi connectivity index (χ0v) is 16.0. The van der Waals surface area contributed by atoms with Gasteiger partial charge in [0.05, 0.1) is 48.0 Å². The summed E-state index contributed by atoms with van der Waals surface area (Å²) in [7, 11) is 1.44. The maximum absolute atomic E-state index is 13.2. The summed E-state index contributed by atoms with van der Waals surface area (Å²) in [5, 5.41) is 45.3. The van der Waals surface area contributed by atoms with Gasteiger partial charge in [0.15, 0.2) is 5.43 Å². The molecule has 32 heavy (non-hydrogen) atoms. The van der Waals surface area contributed by atoms with E-state index in [2.05, 4.69) is 0 Å². The van der Waals surface area contributed by atoms with Crippen molar-refractivity contribution in [2.75, 3.05) is 0 Å². The zero-order chi connectivity index (χ0) is 23.7. The predicted octanol–water partition coefficient (Wildman–Crippen LogP) is 3.35. The number of para-hydroxylation sites is 1. The predicted molar refractivity (Wildman–Crippen MR) is 109 cm³/mol. The highest BCUT2D eigenvalue weighted by Crippen LogP contribution is 2.37. The van der Waals surface area contributed by atoms with E-state index in [1.54, 1.807) is 0 Å². The molecule has 2 aromatic carbocycles. The molecule has 1 aromatic heterocycles. The van der Waals surface area contributed by atoms with E-state index in [1.807, 2.05) is 0 Å². The van der Waals surface area contributed by atoms with Gasteiger partial charge in [-0.3, -0.25) is 45.3 Å². The van der Waals surface area contributed by atoms with Crippen molar-refractivity contribution < 1.29 is 19.7 Å². The third kappa shape index (κ3) is 3.74. The van der Waals surface area contributed by atoms with Crippen molar-refractivity contribution in [3.63, 3.8) is 0 Å². The Morgan fingerprint density at radius 1 is 0.688 bits per heavy atom. The van der Waals surface area contributed by atoms with Crippen LogP contribution in [0.4, 0.5) is 22.7 Å². The number of aryl methyl sites for hydroxylation is 1. The highest BCUT2D eigenvalue weighted by Gasteiger charge is 2.31. The second kappa shape index (κ2) is 8.02. The molecule has 0 aliphatic rings. The lowest BCUT2D eigenvalue weighted by Crippen LogP contribution is -2.13. The molecule has 0 N–H and O–H groups in total. The van der Waals surface area contributed by atoms with Crippen molar-refractivity contribution in [1.29, 1.82) is 0 Å². The second-order valence-corrected chi connectivity index (χ2v) is 6.48. The molecule has 0 unspecified atom stereocenters. The molecule has 0 saturated carbocycles. The van der Waals surface area contributed by atoms with Crippen LogP contribution < -0.4 is 5.43 Å². The van der Waals surface area contributed by atoms with Crippen LogP contribution in [0.15, 0.2) is 53.6 Å². The van der Waals surface area contributed by atoms with E-state index in [0.29, 0.717) is 6.07 Å². The minimum absolute atomic E-state index is 0.254. The average Bonchev–Trinajstić information content (AvgIpc) is 2.73. The Kier molecular flexibility index (Phi) is 5.44. The Bertz CT molecular complexity index is 1380. The Balaban J connectivity index is 2.38. The van der Waals surface area contributed by atoms with Crippen LogP contribution in [0, 0.1) is 40.5 Å². The van der Waals surface area contributed by atoms with Gasteiger partial charge in [-0.1, -0.05) is 6.07 Å². The van der Waals surface area contributed by atoms with Gasteiger partial charge >= 0.3 is 11.4 Å². The van der Waals surface area contributed by atoms with Crippen LogP contribution in [0.3, 0.4) is 0 Å². The molecule has 162 valence electrons. The quantitative estimate of drug-likeness (QED) is 0.407. The van der Waals surface area contributed by atoms with Crippen LogP contribution in [0.2, 0.25) is 0 Å². The molecule has 0 aliphatic carbocycles. The highest BCUT2D eigenvalue weighted by molar-refractivity contribution is 5.83. The number of nitro groups is 4. The summed E-state index contributed by atoms with van der Waals surface area (Å²) in [5.41, 5.74) is -5.10. The Morgan fingerprint density at radius 3 is 1.81 bits per heavy atom. The van der Waals surface area contributed by atoms with Gasteiger partial charge in [-0.15, -0.1) is 0 Å². The number of nitrogens with zero attached hydrogens (tertiary/aromatic N) is 5. The van der Waals surface area contributed by atoms with Crippen molar-refractivity contribution in [3.05, 3.63) is 99.5 Å². The van der Waals surface area contributed by atoms with E-state index in [-0.39, 0.29) is 22.3 Å². The smallest absolute Gasteiger partial charge is 0.353 e. The third-order valence-electron chi connectivity index (χ3n) is 4.52. The highest BCUT2D eigenvalue weighted by atomic mass is 16.6. The fraction of sp³-hybridized carbons (Fsp3) is 0.0556. The lowest BCUT2D eigenvalue weighted by atomic mass is 9.98. The lowest BCUT2D eigenvalue weighted by Gasteiger charge is -2.10. The Hall–Kier alpha value is -5.01. The van der Waals surface area contributed by atoms with Crippen LogP contribution in [0.5, 0.6) is 0 Å². The van der Waals surface area contributed by atoms with E-state index < -0.39 is 47.9 Å². The van der Waals surface area contributed by atoms with Crippen LogP contribution in [-0.4, -0.2) is 24.3 Å². The van der Waals surface area contributed by atoms with Crippen LogP contribution in [-0.2, 0) is 7.05 Å². The van der Waals surface area contributed by atoms with E-state index in [4.69, 9.17) is 0 Å². The zero-order valence-electron chi connectivity index (χ0n) is 16.0. The van der Waals surface area contributed by atoms with Crippen molar-refractivity contribution in [3.8, 4) is 22.3 Å². The molecule has 14 heteroatoms. The maximum Gasteiger partial charge on any atom is 0.353 e. The molecule has 0 fully saturated rings. The number of hydrogen-bond donors (Lipinski definition) is 0. The molecule has 0 atom stereocenters. The minimum Gasteiger partial charge on any atom is -0.356 e. The summed E-state index contributed by atoms with van der Waals surface area (Å²) in [5.74, 6) is 0. The number of rotatable bonds is 6. The summed E-state index contributed by atoms with van der Waals surface area (Å²) >= 11 is 0. The Morgan fingerprint density at radius 2 is 1.28 bits per heavy atom. The number of nitro benzene ring substituents is 4. The normalized spacial score (nSPS) is 10.5. The van der Waals surface area contributed by atoms with Gasteiger partial charge in [-0.05, 0) is 12.1 Å². The first-order valence-electron chi connectivity index (χ1n) is 8.58. The lowest BCUT2D eigenvalue weighted by molar-refractivity contribution is -0.422. The van der Waals surface area contributed by atoms with Crippen LogP contribution in [0.1, 0.15) is 0 Å². The van der Waals surface area contributed by atoms with Gasteiger partial charge < -0.3 is 4.57 Å². The minimum atomic E-state index is -0.992. The Labute approximate surface area is 176 Å². The van der Waals surface area contributed by atoms with E-state index in [0.717, 1.165) is 24.3 Å².